The number of hydroxylamine groups is 2. The minimum atomic E-state index is -0.669. The largest absolute Gasteiger partial charge is 0.494 e. The molecular weight excluding hydrogens is 644 g/mol. The highest BCUT2D eigenvalue weighted by Crippen LogP contribution is 2.15. The molecule has 6 N–H and O–H groups in total. The van der Waals surface area contributed by atoms with Gasteiger partial charge in [-0.2, -0.15) is 10.2 Å². The average Bonchev–Trinajstić information content (AvgIpc) is 3.15. The first kappa shape index (κ1) is 36.5. The van der Waals surface area contributed by atoms with Crippen LogP contribution < -0.4 is 31.3 Å². The lowest BCUT2D eigenvalue weighted by molar-refractivity contribution is 0.0702. The van der Waals surface area contributed by atoms with E-state index in [0.717, 1.165) is 36.8 Å². The molecule has 0 radical (unpaired) electrons. The van der Waals surface area contributed by atoms with Gasteiger partial charge >= 0.3 is 0 Å². The molecule has 14 heteroatoms. The number of carbonyl (C=O) groups is 4. The van der Waals surface area contributed by atoms with Gasteiger partial charge in [-0.1, -0.05) is 24.3 Å². The fourth-order valence-corrected chi connectivity index (χ4v) is 4.44. The SMILES string of the molecule is O=C(NO)c1ccc(C(=O)NN=Cc2cccc(OCCCCCCOc3cccc(C=NNC(=O)c4ccc(C(=O)NO)cc4)c3)c2)cc1. The van der Waals surface area contributed by atoms with Crippen molar-refractivity contribution < 1.29 is 39.1 Å². The first-order valence-electron chi connectivity index (χ1n) is 15.6. The number of benzene rings is 4. The molecule has 0 spiro atoms. The molecule has 0 atom stereocenters. The normalized spacial score (nSPS) is 10.8. The summed E-state index contributed by atoms with van der Waals surface area (Å²) in [4.78, 5) is 47.4. The van der Waals surface area contributed by atoms with E-state index in [2.05, 4.69) is 21.1 Å². The van der Waals surface area contributed by atoms with Crippen molar-refractivity contribution in [1.29, 1.82) is 0 Å². The average molecular weight is 681 g/mol. The van der Waals surface area contributed by atoms with Crippen molar-refractivity contribution in [1.82, 2.24) is 21.8 Å². The summed E-state index contributed by atoms with van der Waals surface area (Å²) in [6, 6.07) is 26.2. The van der Waals surface area contributed by atoms with E-state index in [1.807, 2.05) is 48.5 Å². The van der Waals surface area contributed by atoms with E-state index in [-0.39, 0.29) is 11.1 Å². The lowest BCUT2D eigenvalue weighted by Gasteiger charge is -2.08. The number of amides is 4. The number of nitrogens with zero attached hydrogens (tertiary/aromatic N) is 2. The maximum absolute atomic E-state index is 12.3. The van der Waals surface area contributed by atoms with Crippen molar-refractivity contribution in [2.45, 2.75) is 25.7 Å². The zero-order valence-electron chi connectivity index (χ0n) is 26.9. The van der Waals surface area contributed by atoms with Gasteiger partial charge in [-0.3, -0.25) is 29.6 Å². The van der Waals surface area contributed by atoms with E-state index in [4.69, 9.17) is 19.9 Å². The van der Waals surface area contributed by atoms with E-state index < -0.39 is 23.6 Å². The van der Waals surface area contributed by atoms with E-state index >= 15 is 0 Å². The minimum Gasteiger partial charge on any atom is -0.494 e. The van der Waals surface area contributed by atoms with Gasteiger partial charge < -0.3 is 9.47 Å². The summed E-state index contributed by atoms with van der Waals surface area (Å²) >= 11 is 0. The lowest BCUT2D eigenvalue weighted by atomic mass is 10.1. The highest BCUT2D eigenvalue weighted by Gasteiger charge is 2.09. The van der Waals surface area contributed by atoms with Crippen LogP contribution in [0.2, 0.25) is 0 Å². The number of unbranched alkanes of at least 4 members (excludes halogenated alkanes) is 3. The van der Waals surface area contributed by atoms with Gasteiger partial charge in [-0.05, 0) is 110 Å². The molecule has 0 aliphatic rings. The van der Waals surface area contributed by atoms with E-state index in [1.54, 1.807) is 0 Å². The zero-order chi connectivity index (χ0) is 35.6. The molecule has 0 aromatic heterocycles. The summed E-state index contributed by atoms with van der Waals surface area (Å²) in [5.74, 6) is -0.859. The lowest BCUT2D eigenvalue weighted by Crippen LogP contribution is -2.20. The minimum absolute atomic E-state index is 0.215. The number of nitrogens with one attached hydrogen (secondary N) is 4. The van der Waals surface area contributed by atoms with Crippen molar-refractivity contribution in [2.24, 2.45) is 10.2 Å². The number of hydrogen-bond acceptors (Lipinski definition) is 10. The van der Waals surface area contributed by atoms with E-state index in [0.29, 0.717) is 35.8 Å². The van der Waals surface area contributed by atoms with Gasteiger partial charge in [0.2, 0.25) is 0 Å². The number of hydrazone groups is 2. The Morgan fingerprint density at radius 1 is 0.520 bits per heavy atom. The van der Waals surface area contributed by atoms with Gasteiger partial charge in [0.15, 0.2) is 0 Å². The van der Waals surface area contributed by atoms with Crippen LogP contribution in [0.5, 0.6) is 11.5 Å². The Bertz CT molecular complexity index is 1680. The van der Waals surface area contributed by atoms with Crippen LogP contribution in [-0.2, 0) is 0 Å². The molecule has 4 rings (SSSR count). The van der Waals surface area contributed by atoms with Crippen LogP contribution in [0.15, 0.2) is 107 Å². The first-order chi connectivity index (χ1) is 24.4. The van der Waals surface area contributed by atoms with Crippen molar-refractivity contribution >= 4 is 36.1 Å². The predicted molar refractivity (Wildman–Crippen MR) is 184 cm³/mol. The molecule has 0 unspecified atom stereocenters. The number of carbonyl (C=O) groups excluding carboxylic acids is 4. The van der Waals surface area contributed by atoms with Crippen LogP contribution in [0, 0.1) is 0 Å². The summed E-state index contributed by atoms with van der Waals surface area (Å²) in [6.45, 7) is 1.10. The second-order valence-electron chi connectivity index (χ2n) is 10.7. The molecule has 14 nitrogen and oxygen atoms in total. The third-order valence-electron chi connectivity index (χ3n) is 7.07. The summed E-state index contributed by atoms with van der Waals surface area (Å²) in [5, 5.41) is 25.3. The number of rotatable bonds is 17. The van der Waals surface area contributed by atoms with Crippen molar-refractivity contribution in [3.8, 4) is 11.5 Å². The molecule has 258 valence electrons. The molecule has 0 aliphatic heterocycles. The molecule has 0 fully saturated rings. The van der Waals surface area contributed by atoms with Crippen molar-refractivity contribution in [3.63, 3.8) is 0 Å². The zero-order valence-corrected chi connectivity index (χ0v) is 26.9. The molecule has 50 heavy (non-hydrogen) atoms. The molecular formula is C36H36N6O8. The summed E-state index contributed by atoms with van der Waals surface area (Å²) in [7, 11) is 0. The van der Waals surface area contributed by atoms with Crippen LogP contribution in [-0.4, -0.2) is 59.7 Å². The molecule has 0 bridgehead atoms. The van der Waals surface area contributed by atoms with Crippen LogP contribution in [0.4, 0.5) is 0 Å². The van der Waals surface area contributed by atoms with Crippen LogP contribution in [0.3, 0.4) is 0 Å². The Hall–Kier alpha value is -6.38. The Labute approximate surface area is 287 Å². The Morgan fingerprint density at radius 3 is 1.24 bits per heavy atom. The van der Waals surface area contributed by atoms with E-state index in [9.17, 15) is 19.2 Å². The van der Waals surface area contributed by atoms with Crippen molar-refractivity contribution in [2.75, 3.05) is 13.2 Å². The first-order valence-corrected chi connectivity index (χ1v) is 15.6. The summed E-state index contributed by atoms with van der Waals surface area (Å²) in [6.07, 6.45) is 6.67. The molecule has 0 saturated heterocycles. The Morgan fingerprint density at radius 2 is 0.880 bits per heavy atom. The second-order valence-corrected chi connectivity index (χ2v) is 10.7. The van der Waals surface area contributed by atoms with Gasteiger partial charge in [-0.25, -0.2) is 21.8 Å². The highest BCUT2D eigenvalue weighted by molar-refractivity contribution is 5.98. The van der Waals surface area contributed by atoms with Gasteiger partial charge in [0, 0.05) is 22.3 Å². The fraction of sp³-hybridized carbons (Fsp3) is 0.167. The monoisotopic (exact) mass is 680 g/mol. The van der Waals surface area contributed by atoms with E-state index in [1.165, 1.54) is 71.9 Å². The Kier molecular flexibility index (Phi) is 14.2. The summed E-state index contributed by atoms with van der Waals surface area (Å²) < 4.78 is 11.7. The number of hydrogen-bond donors (Lipinski definition) is 6. The fourth-order valence-electron chi connectivity index (χ4n) is 4.44. The van der Waals surface area contributed by atoms with Gasteiger partial charge in [0.05, 0.1) is 25.6 Å². The second kappa shape index (κ2) is 19.4. The Balaban J connectivity index is 1.09. The number of ether oxygens (including phenoxy) is 2. The topological polar surface area (TPSA) is 200 Å². The molecule has 4 aromatic carbocycles. The third-order valence-corrected chi connectivity index (χ3v) is 7.07. The summed E-state index contributed by atoms with van der Waals surface area (Å²) in [5.41, 5.74) is 10.5. The maximum Gasteiger partial charge on any atom is 0.274 e. The van der Waals surface area contributed by atoms with Gasteiger partial charge in [0.1, 0.15) is 11.5 Å². The molecule has 4 aromatic rings. The molecule has 4 amide bonds. The third kappa shape index (κ3) is 11.7. The molecule has 0 saturated carbocycles. The predicted octanol–water partition coefficient (Wildman–Crippen LogP) is 4.47. The maximum atomic E-state index is 12.3. The van der Waals surface area contributed by atoms with Crippen molar-refractivity contribution in [3.05, 3.63) is 130 Å². The molecule has 0 heterocycles. The standard InChI is InChI=1S/C36H36N6O8/c43-33(27-11-15-29(16-12-27)35(45)41-47)39-37-23-25-7-5-9-31(21-25)49-19-3-1-2-4-20-50-32-10-6-8-26(22-32)24-38-40-34(44)28-13-17-30(18-14-28)36(46)42-48/h5-18,21-24,47-48H,1-4,19-20H2,(H,39,43)(H,40,44)(H,41,45)(H,42,46). The van der Waals surface area contributed by atoms with Crippen LogP contribution >= 0.6 is 0 Å². The smallest absolute Gasteiger partial charge is 0.274 e. The van der Waals surface area contributed by atoms with Crippen LogP contribution in [0.1, 0.15) is 78.2 Å². The highest BCUT2D eigenvalue weighted by atomic mass is 16.5. The van der Waals surface area contributed by atoms with Crippen LogP contribution in [0.25, 0.3) is 0 Å². The molecule has 0 aliphatic carbocycles. The van der Waals surface area contributed by atoms with Gasteiger partial charge in [-0.15, -0.1) is 0 Å². The quantitative estimate of drug-likeness (QED) is 0.0406. The van der Waals surface area contributed by atoms with Gasteiger partial charge in [0.25, 0.3) is 23.6 Å².